The van der Waals surface area contributed by atoms with Gasteiger partial charge in [0.05, 0.1) is 0 Å². The summed E-state index contributed by atoms with van der Waals surface area (Å²) >= 11 is 0. The first kappa shape index (κ1) is 14.6. The van der Waals surface area contributed by atoms with E-state index in [2.05, 4.69) is 35.3 Å². The molecule has 1 heterocycles. The molecule has 0 radical (unpaired) electrons. The molecule has 0 bridgehead atoms. The largest absolute Gasteiger partial charge is 0.310 e. The third kappa shape index (κ3) is 3.29. The molecule has 1 atom stereocenters. The minimum absolute atomic E-state index is 0.228. The molecule has 1 saturated carbocycles. The van der Waals surface area contributed by atoms with Crippen molar-refractivity contribution >= 4 is 11.6 Å². The molecule has 1 amide bonds. The molecule has 1 N–H and O–H groups in total. The van der Waals surface area contributed by atoms with Crippen LogP contribution >= 0.6 is 0 Å². The fourth-order valence-corrected chi connectivity index (χ4v) is 3.60. The molecule has 114 valence electrons. The van der Waals surface area contributed by atoms with Gasteiger partial charge in [-0.15, -0.1) is 0 Å². The van der Waals surface area contributed by atoms with Crippen molar-refractivity contribution in [3.63, 3.8) is 0 Å². The SMILES string of the molecule is CC1CN(C(=O)C2CCCCCC2)c2ccccc2CN1. The molecule has 1 unspecified atom stereocenters. The Hall–Kier alpha value is -1.35. The molecule has 3 rings (SSSR count). The molecule has 21 heavy (non-hydrogen) atoms. The van der Waals surface area contributed by atoms with Crippen molar-refractivity contribution in [2.75, 3.05) is 11.4 Å². The highest BCUT2D eigenvalue weighted by Gasteiger charge is 2.29. The zero-order valence-electron chi connectivity index (χ0n) is 13.0. The lowest BCUT2D eigenvalue weighted by Gasteiger charge is -2.28. The van der Waals surface area contributed by atoms with Gasteiger partial charge in [-0.05, 0) is 31.4 Å². The topological polar surface area (TPSA) is 32.3 Å². The fraction of sp³-hybridized carbons (Fsp3) is 0.611. The summed E-state index contributed by atoms with van der Waals surface area (Å²) in [6.45, 7) is 3.80. The average molecular weight is 286 g/mol. The Labute approximate surface area is 127 Å². The van der Waals surface area contributed by atoms with Crippen LogP contribution in [0.25, 0.3) is 0 Å². The summed E-state index contributed by atoms with van der Waals surface area (Å²) in [6, 6.07) is 8.68. The summed E-state index contributed by atoms with van der Waals surface area (Å²) in [4.78, 5) is 15.1. The van der Waals surface area contributed by atoms with Crippen molar-refractivity contribution in [1.82, 2.24) is 5.32 Å². The Morgan fingerprint density at radius 2 is 1.86 bits per heavy atom. The van der Waals surface area contributed by atoms with Gasteiger partial charge in [-0.25, -0.2) is 0 Å². The van der Waals surface area contributed by atoms with Gasteiger partial charge in [0.25, 0.3) is 0 Å². The lowest BCUT2D eigenvalue weighted by Crippen LogP contribution is -2.42. The zero-order chi connectivity index (χ0) is 14.7. The van der Waals surface area contributed by atoms with E-state index in [1.54, 1.807) is 0 Å². The highest BCUT2D eigenvalue weighted by molar-refractivity contribution is 5.96. The number of hydrogen-bond donors (Lipinski definition) is 1. The van der Waals surface area contributed by atoms with Gasteiger partial charge >= 0.3 is 0 Å². The number of nitrogens with one attached hydrogen (secondary N) is 1. The van der Waals surface area contributed by atoms with Crippen molar-refractivity contribution in [3.8, 4) is 0 Å². The van der Waals surface area contributed by atoms with E-state index in [1.165, 1.54) is 31.2 Å². The van der Waals surface area contributed by atoms with Crippen LogP contribution in [-0.2, 0) is 11.3 Å². The van der Waals surface area contributed by atoms with Crippen molar-refractivity contribution in [3.05, 3.63) is 29.8 Å². The number of para-hydroxylation sites is 1. The molecule has 0 spiro atoms. The Kier molecular flexibility index (Phi) is 4.59. The molecule has 1 fully saturated rings. The Balaban J connectivity index is 1.86. The van der Waals surface area contributed by atoms with Crippen LogP contribution in [0.3, 0.4) is 0 Å². The van der Waals surface area contributed by atoms with E-state index in [4.69, 9.17) is 0 Å². The number of hydrogen-bond acceptors (Lipinski definition) is 2. The smallest absolute Gasteiger partial charge is 0.230 e. The standard InChI is InChI=1S/C18H26N2O/c1-14-13-20(17-11-7-6-10-16(17)12-19-14)18(21)15-8-4-2-3-5-9-15/h6-7,10-11,14-15,19H,2-5,8-9,12-13H2,1H3. The van der Waals surface area contributed by atoms with E-state index in [9.17, 15) is 4.79 Å². The predicted molar refractivity (Wildman–Crippen MR) is 86.3 cm³/mol. The van der Waals surface area contributed by atoms with Crippen LogP contribution in [-0.4, -0.2) is 18.5 Å². The number of nitrogens with zero attached hydrogens (tertiary/aromatic N) is 1. The van der Waals surface area contributed by atoms with E-state index in [-0.39, 0.29) is 5.92 Å². The van der Waals surface area contributed by atoms with Gasteiger partial charge in [0, 0.05) is 30.7 Å². The van der Waals surface area contributed by atoms with Crippen molar-refractivity contribution < 1.29 is 4.79 Å². The predicted octanol–water partition coefficient (Wildman–Crippen LogP) is 3.48. The van der Waals surface area contributed by atoms with Crippen molar-refractivity contribution in [2.24, 2.45) is 5.92 Å². The van der Waals surface area contributed by atoms with E-state index in [0.29, 0.717) is 11.9 Å². The maximum absolute atomic E-state index is 13.1. The van der Waals surface area contributed by atoms with Gasteiger partial charge in [0.1, 0.15) is 0 Å². The Bertz CT molecular complexity index is 492. The summed E-state index contributed by atoms with van der Waals surface area (Å²) in [5.41, 5.74) is 2.35. The molecule has 0 saturated heterocycles. The van der Waals surface area contributed by atoms with Crippen LogP contribution in [0.1, 0.15) is 51.0 Å². The summed E-state index contributed by atoms with van der Waals surface area (Å²) < 4.78 is 0. The van der Waals surface area contributed by atoms with Crippen LogP contribution in [0.2, 0.25) is 0 Å². The molecule has 0 aromatic heterocycles. The number of amides is 1. The number of carbonyl (C=O) groups is 1. The first-order valence-corrected chi connectivity index (χ1v) is 8.38. The van der Waals surface area contributed by atoms with E-state index in [0.717, 1.165) is 31.6 Å². The van der Waals surface area contributed by atoms with Gasteiger partial charge in [0.2, 0.25) is 5.91 Å². The minimum atomic E-state index is 0.228. The van der Waals surface area contributed by atoms with Crippen LogP contribution < -0.4 is 10.2 Å². The normalized spacial score (nSPS) is 24.0. The molecule has 3 nitrogen and oxygen atoms in total. The molecular formula is C18H26N2O. The average Bonchev–Trinajstić information content (AvgIpc) is 2.87. The van der Waals surface area contributed by atoms with Gasteiger partial charge in [-0.3, -0.25) is 4.79 Å². The summed E-state index contributed by atoms with van der Waals surface area (Å²) in [6.07, 6.45) is 7.13. The van der Waals surface area contributed by atoms with Crippen LogP contribution in [0, 0.1) is 5.92 Å². The second-order valence-electron chi connectivity index (χ2n) is 6.55. The monoisotopic (exact) mass is 286 g/mol. The Morgan fingerprint density at radius 1 is 1.14 bits per heavy atom. The molecule has 3 heteroatoms. The van der Waals surface area contributed by atoms with Crippen LogP contribution in [0.4, 0.5) is 5.69 Å². The first-order chi connectivity index (χ1) is 10.3. The molecule has 2 aliphatic rings. The van der Waals surface area contributed by atoms with E-state index in [1.807, 2.05) is 6.07 Å². The van der Waals surface area contributed by atoms with Gasteiger partial charge < -0.3 is 10.2 Å². The van der Waals surface area contributed by atoms with Gasteiger partial charge in [-0.2, -0.15) is 0 Å². The van der Waals surface area contributed by atoms with Gasteiger partial charge in [0.15, 0.2) is 0 Å². The molecule has 1 aromatic rings. The fourth-order valence-electron chi connectivity index (χ4n) is 3.60. The molecule has 1 aliphatic carbocycles. The van der Waals surface area contributed by atoms with Crippen LogP contribution in [0.5, 0.6) is 0 Å². The number of carbonyl (C=O) groups excluding carboxylic acids is 1. The molecular weight excluding hydrogens is 260 g/mol. The van der Waals surface area contributed by atoms with Crippen molar-refractivity contribution in [2.45, 2.75) is 58.0 Å². The third-order valence-electron chi connectivity index (χ3n) is 4.85. The Morgan fingerprint density at radius 3 is 2.62 bits per heavy atom. The summed E-state index contributed by atoms with van der Waals surface area (Å²) in [5, 5.41) is 3.51. The quantitative estimate of drug-likeness (QED) is 0.802. The molecule has 1 aliphatic heterocycles. The number of benzene rings is 1. The van der Waals surface area contributed by atoms with Gasteiger partial charge in [-0.1, -0.05) is 43.9 Å². The highest BCUT2D eigenvalue weighted by Crippen LogP contribution is 2.29. The first-order valence-electron chi connectivity index (χ1n) is 8.38. The zero-order valence-corrected chi connectivity index (χ0v) is 13.0. The summed E-state index contributed by atoms with van der Waals surface area (Å²) in [5.74, 6) is 0.575. The minimum Gasteiger partial charge on any atom is -0.310 e. The lowest BCUT2D eigenvalue weighted by atomic mass is 9.98. The second kappa shape index (κ2) is 6.61. The van der Waals surface area contributed by atoms with Crippen LogP contribution in [0.15, 0.2) is 24.3 Å². The number of anilines is 1. The maximum Gasteiger partial charge on any atom is 0.230 e. The number of rotatable bonds is 1. The summed E-state index contributed by atoms with van der Waals surface area (Å²) in [7, 11) is 0. The van der Waals surface area contributed by atoms with Crippen molar-refractivity contribution in [1.29, 1.82) is 0 Å². The van der Waals surface area contributed by atoms with E-state index >= 15 is 0 Å². The molecule has 1 aromatic carbocycles. The maximum atomic E-state index is 13.1. The van der Waals surface area contributed by atoms with E-state index < -0.39 is 0 Å². The second-order valence-corrected chi connectivity index (χ2v) is 6.55. The highest BCUT2D eigenvalue weighted by atomic mass is 16.2. The third-order valence-corrected chi connectivity index (χ3v) is 4.85. The number of fused-ring (bicyclic) bond motifs is 1. The lowest BCUT2D eigenvalue weighted by molar-refractivity contribution is -0.122.